The molecule has 206 valence electrons. The van der Waals surface area contributed by atoms with Gasteiger partial charge in [-0.3, -0.25) is 19.3 Å². The fourth-order valence-corrected chi connectivity index (χ4v) is 5.35. The van der Waals surface area contributed by atoms with Crippen molar-refractivity contribution in [3.8, 4) is 11.5 Å². The van der Waals surface area contributed by atoms with Crippen LogP contribution in [0.5, 0.6) is 11.5 Å². The van der Waals surface area contributed by atoms with Gasteiger partial charge in [0.05, 0.1) is 22.7 Å². The van der Waals surface area contributed by atoms with Crippen LogP contribution in [-0.2, 0) is 22.6 Å². The molecule has 1 aliphatic rings. The Morgan fingerprint density at radius 1 is 1.05 bits per heavy atom. The van der Waals surface area contributed by atoms with Gasteiger partial charge in [0.15, 0.2) is 11.5 Å². The van der Waals surface area contributed by atoms with Crippen LogP contribution in [0.15, 0.2) is 72.2 Å². The number of rotatable bonds is 10. The minimum Gasteiger partial charge on any atom is -0.493 e. The summed E-state index contributed by atoms with van der Waals surface area (Å²) >= 11 is 19.1. The minimum atomic E-state index is -0.578. The van der Waals surface area contributed by atoms with Gasteiger partial charge in [-0.05, 0) is 66.2 Å². The molecule has 0 bridgehead atoms. The highest BCUT2D eigenvalue weighted by Crippen LogP contribution is 2.38. The number of imide groups is 1. The summed E-state index contributed by atoms with van der Waals surface area (Å²) in [5.41, 5.74) is 2.49. The van der Waals surface area contributed by atoms with E-state index in [1.165, 1.54) is 7.11 Å². The fourth-order valence-electron chi connectivity index (χ4n) is 3.86. The number of ether oxygens (including phenoxy) is 2. The maximum absolute atomic E-state index is 13.0. The molecule has 0 spiro atoms. The van der Waals surface area contributed by atoms with Crippen molar-refractivity contribution >= 4 is 75.4 Å². The van der Waals surface area contributed by atoms with Gasteiger partial charge < -0.3 is 14.8 Å². The Morgan fingerprint density at radius 3 is 2.52 bits per heavy atom. The van der Waals surface area contributed by atoms with E-state index in [0.717, 1.165) is 27.8 Å². The highest BCUT2D eigenvalue weighted by atomic mass is 35.5. The van der Waals surface area contributed by atoms with Crippen molar-refractivity contribution in [2.75, 3.05) is 19.0 Å². The van der Waals surface area contributed by atoms with Gasteiger partial charge in [0.2, 0.25) is 5.91 Å². The van der Waals surface area contributed by atoms with Crippen LogP contribution in [0.1, 0.15) is 16.7 Å². The SMILES string of the molecule is C=CCc1cc(/C=C2/SC(=O)N(CC(=O)Nc3ccccc3Cl)C2=O)cc(OC)c1OCc1ccc(Cl)cc1Cl. The number of benzene rings is 3. The predicted molar refractivity (Wildman–Crippen MR) is 160 cm³/mol. The molecule has 0 saturated carbocycles. The summed E-state index contributed by atoms with van der Waals surface area (Å²) in [6, 6.07) is 15.3. The van der Waals surface area contributed by atoms with E-state index < -0.39 is 23.6 Å². The molecule has 7 nitrogen and oxygen atoms in total. The van der Waals surface area contributed by atoms with Crippen molar-refractivity contribution in [1.29, 1.82) is 0 Å². The van der Waals surface area contributed by atoms with E-state index in [1.807, 2.05) is 6.07 Å². The van der Waals surface area contributed by atoms with Gasteiger partial charge in [-0.15, -0.1) is 6.58 Å². The van der Waals surface area contributed by atoms with Gasteiger partial charge in [-0.25, -0.2) is 0 Å². The normalized spacial score (nSPS) is 14.0. The van der Waals surface area contributed by atoms with Crippen LogP contribution >= 0.6 is 46.6 Å². The molecule has 1 aliphatic heterocycles. The van der Waals surface area contributed by atoms with Gasteiger partial charge >= 0.3 is 0 Å². The van der Waals surface area contributed by atoms with E-state index in [9.17, 15) is 14.4 Å². The lowest BCUT2D eigenvalue weighted by Crippen LogP contribution is -2.36. The maximum atomic E-state index is 13.0. The van der Waals surface area contributed by atoms with Crippen molar-refractivity contribution in [2.24, 2.45) is 0 Å². The van der Waals surface area contributed by atoms with E-state index >= 15 is 0 Å². The Hall–Kier alpha value is -3.43. The largest absolute Gasteiger partial charge is 0.493 e. The monoisotopic (exact) mass is 616 g/mol. The standard InChI is InChI=1S/C29H23Cl3N2O5S/c1-3-6-18-11-17(12-24(38-2)27(18)39-16-19-9-10-20(30)14-22(19)32)13-25-28(36)34(29(37)40-25)15-26(35)33-23-8-5-4-7-21(23)31/h3-5,7-14H,1,6,15-16H2,2H3,(H,33,35)/b25-13+. The first-order valence-corrected chi connectivity index (χ1v) is 13.8. The Balaban J connectivity index is 1.54. The van der Waals surface area contributed by atoms with Gasteiger partial charge in [-0.2, -0.15) is 0 Å². The third kappa shape index (κ3) is 7.01. The highest BCUT2D eigenvalue weighted by Gasteiger charge is 2.36. The molecule has 3 aromatic rings. The number of para-hydroxylation sites is 1. The van der Waals surface area contributed by atoms with E-state index in [0.29, 0.717) is 44.2 Å². The first kappa shape index (κ1) is 29.6. The number of anilines is 1. The summed E-state index contributed by atoms with van der Waals surface area (Å²) in [4.78, 5) is 39.2. The summed E-state index contributed by atoms with van der Waals surface area (Å²) in [6.07, 6.45) is 3.74. The summed E-state index contributed by atoms with van der Waals surface area (Å²) in [5, 5.41) is 3.41. The van der Waals surface area contributed by atoms with E-state index in [1.54, 1.807) is 60.7 Å². The summed E-state index contributed by atoms with van der Waals surface area (Å²) in [6.45, 7) is 3.54. The van der Waals surface area contributed by atoms with E-state index in [-0.39, 0.29) is 11.5 Å². The Bertz CT molecular complexity index is 1530. The number of hydrogen-bond donors (Lipinski definition) is 1. The van der Waals surface area contributed by atoms with Crippen LogP contribution < -0.4 is 14.8 Å². The van der Waals surface area contributed by atoms with Crippen molar-refractivity contribution in [3.63, 3.8) is 0 Å². The molecule has 3 amide bonds. The average molecular weight is 618 g/mol. The molecule has 0 aromatic heterocycles. The number of carbonyl (C=O) groups excluding carboxylic acids is 3. The molecule has 1 N–H and O–H groups in total. The van der Waals surface area contributed by atoms with Crippen LogP contribution in [0.4, 0.5) is 10.5 Å². The molecule has 4 rings (SSSR count). The van der Waals surface area contributed by atoms with Gasteiger partial charge in [0, 0.05) is 21.2 Å². The third-order valence-corrected chi connectivity index (χ3v) is 7.57. The van der Waals surface area contributed by atoms with Crippen LogP contribution in [0.2, 0.25) is 15.1 Å². The van der Waals surface area contributed by atoms with E-state index in [4.69, 9.17) is 44.3 Å². The second-order valence-corrected chi connectivity index (χ2v) is 10.8. The van der Waals surface area contributed by atoms with Crippen LogP contribution in [0, 0.1) is 0 Å². The average Bonchev–Trinajstić information content (AvgIpc) is 3.17. The Labute approximate surface area is 250 Å². The van der Waals surface area contributed by atoms with Crippen LogP contribution in [-0.4, -0.2) is 35.6 Å². The van der Waals surface area contributed by atoms with Crippen LogP contribution in [0.25, 0.3) is 6.08 Å². The molecule has 0 aliphatic carbocycles. The number of amides is 3. The summed E-state index contributed by atoms with van der Waals surface area (Å²) in [7, 11) is 1.50. The first-order valence-electron chi connectivity index (χ1n) is 11.9. The second-order valence-electron chi connectivity index (χ2n) is 8.52. The molecule has 1 saturated heterocycles. The fraction of sp³-hybridized carbons (Fsp3) is 0.138. The molecule has 1 heterocycles. The lowest BCUT2D eigenvalue weighted by atomic mass is 10.0. The number of thioether (sulfide) groups is 1. The van der Waals surface area contributed by atoms with Crippen molar-refractivity contribution in [2.45, 2.75) is 13.0 Å². The lowest BCUT2D eigenvalue weighted by Gasteiger charge is -2.16. The number of carbonyl (C=O) groups is 3. The number of hydrogen-bond acceptors (Lipinski definition) is 6. The lowest BCUT2D eigenvalue weighted by molar-refractivity contribution is -0.127. The van der Waals surface area contributed by atoms with E-state index in [2.05, 4.69) is 11.9 Å². The topological polar surface area (TPSA) is 84.9 Å². The molecular weight excluding hydrogens is 595 g/mol. The molecule has 0 atom stereocenters. The molecule has 3 aromatic carbocycles. The van der Waals surface area contributed by atoms with Crippen LogP contribution in [0.3, 0.4) is 0 Å². The zero-order valence-electron chi connectivity index (χ0n) is 21.2. The van der Waals surface area contributed by atoms with Crippen molar-refractivity contribution in [1.82, 2.24) is 4.90 Å². The minimum absolute atomic E-state index is 0.170. The first-order chi connectivity index (χ1) is 19.2. The molecule has 1 fully saturated rings. The zero-order chi connectivity index (χ0) is 28.8. The number of allylic oxidation sites excluding steroid dienone is 1. The maximum Gasteiger partial charge on any atom is 0.294 e. The second kappa shape index (κ2) is 13.3. The summed E-state index contributed by atoms with van der Waals surface area (Å²) in [5.74, 6) is -0.205. The number of nitrogens with one attached hydrogen (secondary N) is 1. The van der Waals surface area contributed by atoms with Crippen molar-refractivity contribution in [3.05, 3.63) is 104 Å². The van der Waals surface area contributed by atoms with Gasteiger partial charge in [0.25, 0.3) is 11.1 Å². The number of nitrogens with zero attached hydrogens (tertiary/aromatic N) is 1. The number of methoxy groups -OCH3 is 1. The predicted octanol–water partition coefficient (Wildman–Crippen LogP) is 7.64. The quantitative estimate of drug-likeness (QED) is 0.186. The summed E-state index contributed by atoms with van der Waals surface area (Å²) < 4.78 is 11.7. The molecular formula is C29H23Cl3N2O5S. The Kier molecular flexibility index (Phi) is 9.81. The smallest absolute Gasteiger partial charge is 0.294 e. The number of halogens is 3. The molecule has 0 radical (unpaired) electrons. The van der Waals surface area contributed by atoms with Crippen molar-refractivity contribution < 1.29 is 23.9 Å². The van der Waals surface area contributed by atoms with Gasteiger partial charge in [0.1, 0.15) is 13.2 Å². The third-order valence-electron chi connectivity index (χ3n) is 5.75. The molecule has 0 unspecified atom stereocenters. The Morgan fingerprint density at radius 2 is 1.82 bits per heavy atom. The van der Waals surface area contributed by atoms with Gasteiger partial charge in [-0.1, -0.05) is 59.1 Å². The molecule has 11 heteroatoms. The molecule has 40 heavy (non-hydrogen) atoms. The zero-order valence-corrected chi connectivity index (χ0v) is 24.3. The highest BCUT2D eigenvalue weighted by molar-refractivity contribution is 8.18.